The summed E-state index contributed by atoms with van der Waals surface area (Å²) in [6.07, 6.45) is 10.4. The zero-order chi connectivity index (χ0) is 18.7. The van der Waals surface area contributed by atoms with Crippen molar-refractivity contribution in [1.82, 2.24) is 0 Å². The summed E-state index contributed by atoms with van der Waals surface area (Å²) in [6, 6.07) is 2.17. The molecule has 0 bridgehead atoms. The molecule has 0 aliphatic heterocycles. The summed E-state index contributed by atoms with van der Waals surface area (Å²) in [5.74, 6) is -0.955. The monoisotopic (exact) mass is 376 g/mol. The van der Waals surface area contributed by atoms with Gasteiger partial charge in [0.05, 0.1) is 5.69 Å². The Balaban J connectivity index is 1.99. The predicted octanol–water partition coefficient (Wildman–Crippen LogP) is 4.42. The van der Waals surface area contributed by atoms with Crippen LogP contribution in [0.1, 0.15) is 79.3 Å². The fourth-order valence-corrected chi connectivity index (χ4v) is 5.05. The first-order valence-electron chi connectivity index (χ1n) is 9.65. The number of carbonyl (C=O) groups excluding carboxylic acids is 1. The molecule has 3 rings (SSSR count). The molecule has 1 amide bonds. The van der Waals surface area contributed by atoms with Crippen LogP contribution in [0.5, 0.6) is 0 Å². The minimum Gasteiger partial charge on any atom is -0.477 e. The number of nitrogens with zero attached hydrogens (tertiary/aromatic N) is 1. The number of anilines is 1. The van der Waals surface area contributed by atoms with Crippen LogP contribution in [-0.2, 0) is 4.79 Å². The van der Waals surface area contributed by atoms with Gasteiger partial charge in [0.2, 0.25) is 5.91 Å². The van der Waals surface area contributed by atoms with Crippen LogP contribution in [0.15, 0.2) is 12.1 Å². The molecule has 5 nitrogen and oxygen atoms in total. The molecule has 0 unspecified atom stereocenters. The highest BCUT2D eigenvalue weighted by Gasteiger charge is 2.32. The third kappa shape index (κ3) is 4.01. The minimum atomic E-state index is -0.950. The van der Waals surface area contributed by atoms with Crippen LogP contribution in [0.4, 0.5) is 5.69 Å². The Labute approximate surface area is 158 Å². The van der Waals surface area contributed by atoms with E-state index in [1.165, 1.54) is 23.3 Å². The summed E-state index contributed by atoms with van der Waals surface area (Å²) in [5.41, 5.74) is 7.83. The Morgan fingerprint density at radius 2 is 2.00 bits per heavy atom. The maximum atomic E-state index is 12.7. The lowest BCUT2D eigenvalue weighted by molar-refractivity contribution is -0.118. The van der Waals surface area contributed by atoms with E-state index in [9.17, 15) is 14.7 Å². The second kappa shape index (κ2) is 8.35. The van der Waals surface area contributed by atoms with Gasteiger partial charge in [0.25, 0.3) is 0 Å². The van der Waals surface area contributed by atoms with Crippen molar-refractivity contribution in [3.63, 3.8) is 0 Å². The van der Waals surface area contributed by atoms with Gasteiger partial charge in [0, 0.05) is 23.4 Å². The SMILES string of the molecule is CCC(=O)N(c1cc(C2=CCCCC2)sc1C(=O)O)C1CCC(N)CC1. The number of thiophene rings is 1. The van der Waals surface area contributed by atoms with Gasteiger partial charge in [-0.15, -0.1) is 11.3 Å². The van der Waals surface area contributed by atoms with Crippen LogP contribution in [0, 0.1) is 0 Å². The van der Waals surface area contributed by atoms with Crippen molar-refractivity contribution in [2.45, 2.75) is 76.8 Å². The van der Waals surface area contributed by atoms with Gasteiger partial charge in [0.15, 0.2) is 0 Å². The van der Waals surface area contributed by atoms with Crippen molar-refractivity contribution in [2.24, 2.45) is 5.73 Å². The summed E-state index contributed by atoms with van der Waals surface area (Å²) in [5, 5.41) is 9.75. The van der Waals surface area contributed by atoms with Gasteiger partial charge in [-0.2, -0.15) is 0 Å². The number of amides is 1. The highest BCUT2D eigenvalue weighted by Crippen LogP contribution is 2.40. The minimum absolute atomic E-state index is 0.00468. The molecule has 1 aromatic heterocycles. The number of carbonyl (C=O) groups is 2. The van der Waals surface area contributed by atoms with Crippen molar-refractivity contribution in [2.75, 3.05) is 4.90 Å². The fraction of sp³-hybridized carbons (Fsp3) is 0.600. The number of carboxylic acids is 1. The molecule has 3 N–H and O–H groups in total. The van der Waals surface area contributed by atoms with Crippen molar-refractivity contribution in [3.05, 3.63) is 21.9 Å². The van der Waals surface area contributed by atoms with Crippen LogP contribution < -0.4 is 10.6 Å². The van der Waals surface area contributed by atoms with Gasteiger partial charge in [-0.25, -0.2) is 4.79 Å². The topological polar surface area (TPSA) is 83.6 Å². The molecule has 2 aliphatic carbocycles. The Kier molecular flexibility index (Phi) is 6.14. The number of allylic oxidation sites excluding steroid dienone is 2. The summed E-state index contributed by atoms with van der Waals surface area (Å²) >= 11 is 1.31. The molecule has 1 fully saturated rings. The van der Waals surface area contributed by atoms with E-state index in [4.69, 9.17) is 5.73 Å². The summed E-state index contributed by atoms with van der Waals surface area (Å²) < 4.78 is 0. The highest BCUT2D eigenvalue weighted by atomic mass is 32.1. The Morgan fingerprint density at radius 1 is 1.27 bits per heavy atom. The maximum Gasteiger partial charge on any atom is 0.348 e. The van der Waals surface area contributed by atoms with E-state index in [1.54, 1.807) is 4.90 Å². The molecule has 0 spiro atoms. The lowest BCUT2D eigenvalue weighted by Gasteiger charge is -2.36. The van der Waals surface area contributed by atoms with Gasteiger partial charge in [-0.05, 0) is 63.0 Å². The Hall–Kier alpha value is -1.66. The average molecular weight is 377 g/mol. The Morgan fingerprint density at radius 3 is 2.58 bits per heavy atom. The lowest BCUT2D eigenvalue weighted by atomic mass is 9.90. The van der Waals surface area contributed by atoms with Crippen LogP contribution in [0.3, 0.4) is 0 Å². The van der Waals surface area contributed by atoms with E-state index >= 15 is 0 Å². The number of carboxylic acid groups (broad SMARTS) is 1. The molecular weight excluding hydrogens is 348 g/mol. The quantitative estimate of drug-likeness (QED) is 0.797. The third-order valence-corrected chi connectivity index (χ3v) is 6.64. The normalized spacial score (nSPS) is 23.4. The highest BCUT2D eigenvalue weighted by molar-refractivity contribution is 7.15. The third-order valence-electron chi connectivity index (χ3n) is 5.45. The largest absolute Gasteiger partial charge is 0.477 e. The summed E-state index contributed by atoms with van der Waals surface area (Å²) in [6.45, 7) is 1.83. The molecule has 142 valence electrons. The van der Waals surface area contributed by atoms with Crippen molar-refractivity contribution in [1.29, 1.82) is 0 Å². The number of hydrogen-bond acceptors (Lipinski definition) is 4. The molecule has 1 heterocycles. The van der Waals surface area contributed by atoms with Gasteiger partial charge < -0.3 is 15.7 Å². The lowest BCUT2D eigenvalue weighted by Crippen LogP contribution is -2.44. The maximum absolute atomic E-state index is 12.7. The average Bonchev–Trinajstić information content (AvgIpc) is 3.09. The Bertz CT molecular complexity index is 702. The number of rotatable bonds is 5. The summed E-state index contributed by atoms with van der Waals surface area (Å²) in [7, 11) is 0. The molecule has 0 aromatic carbocycles. The molecule has 26 heavy (non-hydrogen) atoms. The number of aromatic carboxylic acids is 1. The molecule has 0 radical (unpaired) electrons. The molecular formula is C20H28N2O3S. The zero-order valence-corrected chi connectivity index (χ0v) is 16.2. The molecule has 2 aliphatic rings. The van der Waals surface area contributed by atoms with Crippen molar-refractivity contribution >= 4 is 34.5 Å². The van der Waals surface area contributed by atoms with Gasteiger partial charge in [-0.3, -0.25) is 4.79 Å². The molecule has 6 heteroatoms. The van der Waals surface area contributed by atoms with E-state index in [0.29, 0.717) is 12.1 Å². The van der Waals surface area contributed by atoms with Gasteiger partial charge in [0.1, 0.15) is 4.88 Å². The van der Waals surface area contributed by atoms with E-state index in [0.717, 1.165) is 49.8 Å². The predicted molar refractivity (Wildman–Crippen MR) is 106 cm³/mol. The smallest absolute Gasteiger partial charge is 0.348 e. The first-order valence-corrected chi connectivity index (χ1v) is 10.5. The molecule has 0 atom stereocenters. The van der Waals surface area contributed by atoms with Crippen molar-refractivity contribution in [3.8, 4) is 0 Å². The second-order valence-electron chi connectivity index (χ2n) is 7.29. The first kappa shape index (κ1) is 19.1. The van der Waals surface area contributed by atoms with Gasteiger partial charge in [-0.1, -0.05) is 13.0 Å². The standard InChI is InChI=1S/C20H28N2O3S/c1-2-18(23)22(15-10-8-14(21)9-11-15)16-12-17(26-19(16)20(24)25)13-6-4-3-5-7-13/h6,12,14-15H,2-5,7-11,21H2,1H3,(H,24,25). The van der Waals surface area contributed by atoms with Crippen LogP contribution in [0.2, 0.25) is 0 Å². The van der Waals surface area contributed by atoms with Crippen LogP contribution in [-0.4, -0.2) is 29.1 Å². The number of nitrogens with two attached hydrogens (primary N) is 1. The molecule has 1 saturated carbocycles. The first-order chi connectivity index (χ1) is 12.5. The van der Waals surface area contributed by atoms with Crippen LogP contribution >= 0.6 is 11.3 Å². The van der Waals surface area contributed by atoms with E-state index in [2.05, 4.69) is 6.08 Å². The molecule has 0 saturated heterocycles. The second-order valence-corrected chi connectivity index (χ2v) is 8.34. The van der Waals surface area contributed by atoms with E-state index in [-0.39, 0.29) is 22.9 Å². The van der Waals surface area contributed by atoms with E-state index in [1.807, 2.05) is 13.0 Å². The van der Waals surface area contributed by atoms with E-state index < -0.39 is 5.97 Å². The van der Waals surface area contributed by atoms with Crippen molar-refractivity contribution < 1.29 is 14.7 Å². The van der Waals surface area contributed by atoms with Gasteiger partial charge >= 0.3 is 5.97 Å². The molecule has 1 aromatic rings. The zero-order valence-electron chi connectivity index (χ0n) is 15.4. The fourth-order valence-electron chi connectivity index (χ4n) is 4.00. The van der Waals surface area contributed by atoms with Crippen LogP contribution in [0.25, 0.3) is 5.57 Å². The summed E-state index contributed by atoms with van der Waals surface area (Å²) in [4.78, 5) is 27.7. The number of hydrogen-bond donors (Lipinski definition) is 2.